The number of amides is 1. The number of hydrogen-bond donors (Lipinski definition) is 1. The van der Waals surface area contributed by atoms with E-state index >= 15 is 0 Å². The fourth-order valence-electron chi connectivity index (χ4n) is 2.29. The van der Waals surface area contributed by atoms with Crippen LogP contribution in [0.5, 0.6) is 5.75 Å². The van der Waals surface area contributed by atoms with E-state index in [1.165, 1.54) is 16.4 Å². The summed E-state index contributed by atoms with van der Waals surface area (Å²) in [5.74, 6) is 0.234. The first-order valence-corrected chi connectivity index (χ1v) is 9.39. The van der Waals surface area contributed by atoms with Crippen LogP contribution in [0.1, 0.15) is 20.8 Å². The zero-order valence-electron chi connectivity index (χ0n) is 14.2. The SMILES string of the molecule is CC(C)NC(=O)[C@@H](C)Oc1ccc(S(=O)(=O)N2CCOCC2)cc1. The summed E-state index contributed by atoms with van der Waals surface area (Å²) in [6.07, 6.45) is -0.658. The molecule has 0 bridgehead atoms. The Morgan fingerprint density at radius 2 is 1.75 bits per heavy atom. The van der Waals surface area contributed by atoms with Gasteiger partial charge in [0.25, 0.3) is 5.91 Å². The Hall–Kier alpha value is -1.64. The average molecular weight is 356 g/mol. The second-order valence-electron chi connectivity index (χ2n) is 5.91. The van der Waals surface area contributed by atoms with E-state index in [0.717, 1.165) is 0 Å². The molecule has 1 atom stereocenters. The van der Waals surface area contributed by atoms with Gasteiger partial charge in [0.05, 0.1) is 18.1 Å². The Morgan fingerprint density at radius 3 is 2.29 bits per heavy atom. The van der Waals surface area contributed by atoms with Gasteiger partial charge in [-0.1, -0.05) is 0 Å². The highest BCUT2D eigenvalue weighted by molar-refractivity contribution is 7.89. The number of ether oxygens (including phenoxy) is 2. The van der Waals surface area contributed by atoms with Crippen LogP contribution in [0.4, 0.5) is 0 Å². The molecule has 1 amide bonds. The molecule has 0 spiro atoms. The third kappa shape index (κ3) is 4.68. The van der Waals surface area contributed by atoms with Crippen LogP contribution >= 0.6 is 0 Å². The zero-order chi connectivity index (χ0) is 17.7. The first-order chi connectivity index (χ1) is 11.3. The van der Waals surface area contributed by atoms with Crippen molar-refractivity contribution in [2.45, 2.75) is 37.8 Å². The van der Waals surface area contributed by atoms with Gasteiger partial charge in [-0.25, -0.2) is 8.42 Å². The smallest absolute Gasteiger partial charge is 0.260 e. The first kappa shape index (κ1) is 18.7. The maximum atomic E-state index is 12.5. The summed E-state index contributed by atoms with van der Waals surface area (Å²) in [5.41, 5.74) is 0. The fourth-order valence-corrected chi connectivity index (χ4v) is 3.69. The van der Waals surface area contributed by atoms with Crippen molar-refractivity contribution in [2.24, 2.45) is 0 Å². The van der Waals surface area contributed by atoms with Gasteiger partial charge in [0.15, 0.2) is 6.10 Å². The molecule has 0 aromatic heterocycles. The second-order valence-corrected chi connectivity index (χ2v) is 7.85. The predicted molar refractivity (Wildman–Crippen MR) is 89.4 cm³/mol. The van der Waals surface area contributed by atoms with Crippen molar-refractivity contribution in [1.82, 2.24) is 9.62 Å². The summed E-state index contributed by atoms with van der Waals surface area (Å²) in [6.45, 7) is 6.91. The Balaban J connectivity index is 2.03. The molecular weight excluding hydrogens is 332 g/mol. The predicted octanol–water partition coefficient (Wildman–Crippen LogP) is 0.999. The quantitative estimate of drug-likeness (QED) is 0.822. The van der Waals surface area contributed by atoms with Gasteiger partial charge in [-0.05, 0) is 45.0 Å². The van der Waals surface area contributed by atoms with Crippen molar-refractivity contribution in [3.63, 3.8) is 0 Å². The number of nitrogens with one attached hydrogen (secondary N) is 1. The van der Waals surface area contributed by atoms with Gasteiger partial charge in [-0.15, -0.1) is 0 Å². The largest absolute Gasteiger partial charge is 0.481 e. The molecular formula is C16H24N2O5S. The van der Waals surface area contributed by atoms with Crippen LogP contribution < -0.4 is 10.1 Å². The molecule has 0 unspecified atom stereocenters. The normalized spacial score (nSPS) is 17.5. The number of rotatable bonds is 6. The van der Waals surface area contributed by atoms with Gasteiger partial charge < -0.3 is 14.8 Å². The van der Waals surface area contributed by atoms with Gasteiger partial charge in [-0.3, -0.25) is 4.79 Å². The maximum Gasteiger partial charge on any atom is 0.260 e. The average Bonchev–Trinajstić information content (AvgIpc) is 2.55. The van der Waals surface area contributed by atoms with Crippen LogP contribution in [0.15, 0.2) is 29.2 Å². The Morgan fingerprint density at radius 1 is 1.17 bits per heavy atom. The van der Waals surface area contributed by atoms with Gasteiger partial charge in [-0.2, -0.15) is 4.31 Å². The number of benzene rings is 1. The minimum Gasteiger partial charge on any atom is -0.481 e. The summed E-state index contributed by atoms with van der Waals surface area (Å²) in [6, 6.07) is 6.14. The summed E-state index contributed by atoms with van der Waals surface area (Å²) < 4.78 is 37.2. The Kier molecular flexibility index (Phi) is 6.20. The van der Waals surface area contributed by atoms with Crippen molar-refractivity contribution in [3.05, 3.63) is 24.3 Å². The third-order valence-electron chi connectivity index (χ3n) is 3.54. The molecule has 1 aliphatic rings. The van der Waals surface area contributed by atoms with E-state index in [4.69, 9.17) is 9.47 Å². The van der Waals surface area contributed by atoms with E-state index in [1.807, 2.05) is 13.8 Å². The van der Waals surface area contributed by atoms with E-state index in [2.05, 4.69) is 5.32 Å². The molecule has 1 N–H and O–H groups in total. The molecule has 1 aromatic carbocycles. The number of nitrogens with zero attached hydrogens (tertiary/aromatic N) is 1. The van der Waals surface area contributed by atoms with Crippen molar-refractivity contribution in [3.8, 4) is 5.75 Å². The summed E-state index contributed by atoms with van der Waals surface area (Å²) >= 11 is 0. The molecule has 0 aliphatic carbocycles. The monoisotopic (exact) mass is 356 g/mol. The lowest BCUT2D eigenvalue weighted by atomic mass is 10.3. The van der Waals surface area contributed by atoms with Gasteiger partial charge in [0, 0.05) is 19.1 Å². The molecule has 1 aromatic rings. The van der Waals surface area contributed by atoms with E-state index in [-0.39, 0.29) is 16.8 Å². The van der Waals surface area contributed by atoms with E-state index in [0.29, 0.717) is 32.1 Å². The van der Waals surface area contributed by atoms with Crippen LogP contribution in [0.25, 0.3) is 0 Å². The highest BCUT2D eigenvalue weighted by Crippen LogP contribution is 2.21. The number of carbonyl (C=O) groups is 1. The maximum absolute atomic E-state index is 12.5. The molecule has 0 saturated carbocycles. The number of morpholine rings is 1. The van der Waals surface area contributed by atoms with Crippen molar-refractivity contribution in [2.75, 3.05) is 26.3 Å². The van der Waals surface area contributed by atoms with Crippen LogP contribution in [-0.2, 0) is 19.6 Å². The van der Waals surface area contributed by atoms with E-state index in [1.54, 1.807) is 19.1 Å². The number of hydrogen-bond acceptors (Lipinski definition) is 5. The Bertz CT molecular complexity index is 652. The minimum absolute atomic E-state index is 0.0320. The lowest BCUT2D eigenvalue weighted by Gasteiger charge is -2.26. The molecule has 24 heavy (non-hydrogen) atoms. The van der Waals surface area contributed by atoms with E-state index in [9.17, 15) is 13.2 Å². The molecule has 0 radical (unpaired) electrons. The molecule has 7 nitrogen and oxygen atoms in total. The molecule has 1 saturated heterocycles. The number of carbonyl (C=O) groups excluding carboxylic acids is 1. The van der Waals surface area contributed by atoms with Gasteiger partial charge >= 0.3 is 0 Å². The third-order valence-corrected chi connectivity index (χ3v) is 5.46. The first-order valence-electron chi connectivity index (χ1n) is 7.95. The van der Waals surface area contributed by atoms with Crippen LogP contribution in [0.2, 0.25) is 0 Å². The molecule has 8 heteroatoms. The van der Waals surface area contributed by atoms with Gasteiger partial charge in [0.2, 0.25) is 10.0 Å². The highest BCUT2D eigenvalue weighted by Gasteiger charge is 2.26. The van der Waals surface area contributed by atoms with Crippen molar-refractivity contribution < 1.29 is 22.7 Å². The fraction of sp³-hybridized carbons (Fsp3) is 0.562. The summed E-state index contributed by atoms with van der Waals surface area (Å²) in [4.78, 5) is 12.0. The van der Waals surface area contributed by atoms with Crippen LogP contribution in [-0.4, -0.2) is 57.1 Å². The molecule has 1 aliphatic heterocycles. The zero-order valence-corrected chi connectivity index (χ0v) is 15.0. The number of sulfonamides is 1. The molecule has 2 rings (SSSR count). The van der Waals surface area contributed by atoms with Crippen LogP contribution in [0.3, 0.4) is 0 Å². The van der Waals surface area contributed by atoms with Crippen molar-refractivity contribution in [1.29, 1.82) is 0 Å². The topological polar surface area (TPSA) is 84.9 Å². The highest BCUT2D eigenvalue weighted by atomic mass is 32.2. The lowest BCUT2D eigenvalue weighted by Crippen LogP contribution is -2.40. The Labute approximate surface area is 143 Å². The second kappa shape index (κ2) is 7.96. The standard InChI is InChI=1S/C16H24N2O5S/c1-12(2)17-16(19)13(3)23-14-4-6-15(7-5-14)24(20,21)18-8-10-22-11-9-18/h4-7,12-13H,8-11H2,1-3H3,(H,17,19)/t13-/m1/s1. The lowest BCUT2D eigenvalue weighted by molar-refractivity contribution is -0.127. The van der Waals surface area contributed by atoms with Crippen molar-refractivity contribution >= 4 is 15.9 Å². The molecule has 1 heterocycles. The van der Waals surface area contributed by atoms with E-state index < -0.39 is 16.1 Å². The van der Waals surface area contributed by atoms with Crippen LogP contribution in [0, 0.1) is 0 Å². The minimum atomic E-state index is -3.52. The van der Waals surface area contributed by atoms with Gasteiger partial charge in [0.1, 0.15) is 5.75 Å². The molecule has 134 valence electrons. The summed E-state index contributed by atoms with van der Waals surface area (Å²) in [7, 11) is -3.52. The molecule has 1 fully saturated rings. The summed E-state index contributed by atoms with van der Waals surface area (Å²) in [5, 5.41) is 2.76.